The van der Waals surface area contributed by atoms with Crippen molar-refractivity contribution < 1.29 is 0 Å². The first kappa shape index (κ1) is 15.1. The number of hydrogen-bond donors (Lipinski definition) is 1. The summed E-state index contributed by atoms with van der Waals surface area (Å²) >= 11 is 7.02. The summed E-state index contributed by atoms with van der Waals surface area (Å²) in [5, 5.41) is 0. The van der Waals surface area contributed by atoms with Crippen molar-refractivity contribution in [3.05, 3.63) is 104 Å². The van der Waals surface area contributed by atoms with Crippen LogP contribution in [0.15, 0.2) is 81.7 Å². The lowest BCUT2D eigenvalue weighted by Gasteiger charge is -2.49. The summed E-state index contributed by atoms with van der Waals surface area (Å²) in [6, 6.07) is 25.3. The lowest BCUT2D eigenvalue weighted by Crippen LogP contribution is -2.52. The molecule has 0 fully saturated rings. The molecular weight excluding hydrogens is 414 g/mol. The maximum absolute atomic E-state index is 6.97. The lowest BCUT2D eigenvalue weighted by atomic mass is 9.57. The van der Waals surface area contributed by atoms with Gasteiger partial charge in [0.25, 0.3) is 0 Å². The third-order valence-electron chi connectivity index (χ3n) is 4.70. The molecule has 0 aromatic heterocycles. The predicted molar refractivity (Wildman–Crippen MR) is 102 cm³/mol. The normalized spacial score (nSPS) is 22.3. The molecule has 2 atom stereocenters. The van der Waals surface area contributed by atoms with E-state index in [1.54, 1.807) is 0 Å². The zero-order valence-corrected chi connectivity index (χ0v) is 15.5. The SMILES string of the molecule is NC1(c2ccc(Br)cc2)c2ccccc2C1c1ccc(Br)cc1. The molecule has 1 aliphatic carbocycles. The molecule has 2 N–H and O–H groups in total. The summed E-state index contributed by atoms with van der Waals surface area (Å²) in [4.78, 5) is 0. The fourth-order valence-electron chi connectivity index (χ4n) is 3.59. The molecule has 0 heterocycles. The second-order valence-corrected chi connectivity index (χ2v) is 7.78. The summed E-state index contributed by atoms with van der Waals surface area (Å²) < 4.78 is 2.15. The van der Waals surface area contributed by atoms with Gasteiger partial charge in [-0.1, -0.05) is 80.4 Å². The minimum Gasteiger partial charge on any atom is -0.317 e. The van der Waals surface area contributed by atoms with Gasteiger partial charge in [0.1, 0.15) is 0 Å². The van der Waals surface area contributed by atoms with Crippen molar-refractivity contribution in [2.75, 3.05) is 0 Å². The first-order chi connectivity index (χ1) is 11.1. The standard InChI is InChI=1S/C20H15Br2N/c21-15-9-5-13(6-10-15)19-17-3-1-2-4-18(17)20(19,23)14-7-11-16(22)12-8-14/h1-12,19H,23H2. The molecule has 1 nitrogen and oxygen atoms in total. The Kier molecular flexibility index (Phi) is 3.67. The van der Waals surface area contributed by atoms with E-state index >= 15 is 0 Å². The Morgan fingerprint density at radius 3 is 1.96 bits per heavy atom. The third-order valence-corrected chi connectivity index (χ3v) is 5.76. The third kappa shape index (κ3) is 2.30. The molecule has 0 saturated carbocycles. The number of benzene rings is 3. The highest BCUT2D eigenvalue weighted by atomic mass is 79.9. The van der Waals surface area contributed by atoms with Crippen LogP contribution in [-0.4, -0.2) is 0 Å². The summed E-state index contributed by atoms with van der Waals surface area (Å²) in [6.07, 6.45) is 0. The highest BCUT2D eigenvalue weighted by Crippen LogP contribution is 2.55. The largest absolute Gasteiger partial charge is 0.317 e. The van der Waals surface area contributed by atoms with Gasteiger partial charge in [0.05, 0.1) is 5.54 Å². The van der Waals surface area contributed by atoms with Gasteiger partial charge in [0, 0.05) is 14.9 Å². The highest BCUT2D eigenvalue weighted by molar-refractivity contribution is 9.10. The number of nitrogens with two attached hydrogens (primary N) is 1. The van der Waals surface area contributed by atoms with Gasteiger partial charge in [-0.2, -0.15) is 0 Å². The number of rotatable bonds is 2. The fourth-order valence-corrected chi connectivity index (χ4v) is 4.12. The van der Waals surface area contributed by atoms with Gasteiger partial charge in [-0.15, -0.1) is 0 Å². The van der Waals surface area contributed by atoms with E-state index in [1.165, 1.54) is 16.7 Å². The monoisotopic (exact) mass is 427 g/mol. The Hall–Kier alpha value is -1.42. The Labute approximate surface area is 152 Å². The van der Waals surface area contributed by atoms with Gasteiger partial charge in [-0.3, -0.25) is 0 Å². The Bertz CT molecular complexity index is 856. The zero-order chi connectivity index (χ0) is 16.0. The van der Waals surface area contributed by atoms with Crippen LogP contribution in [-0.2, 0) is 5.54 Å². The van der Waals surface area contributed by atoms with Gasteiger partial charge in [0.2, 0.25) is 0 Å². The number of halogens is 2. The van der Waals surface area contributed by atoms with Gasteiger partial charge < -0.3 is 5.73 Å². The van der Waals surface area contributed by atoms with E-state index in [0.717, 1.165) is 14.5 Å². The van der Waals surface area contributed by atoms with E-state index in [9.17, 15) is 0 Å². The van der Waals surface area contributed by atoms with Crippen molar-refractivity contribution in [2.24, 2.45) is 5.73 Å². The molecule has 0 bridgehead atoms. The molecule has 1 aliphatic rings. The van der Waals surface area contributed by atoms with Gasteiger partial charge >= 0.3 is 0 Å². The van der Waals surface area contributed by atoms with Crippen LogP contribution in [0.3, 0.4) is 0 Å². The summed E-state index contributed by atoms with van der Waals surface area (Å²) in [5.74, 6) is 0.174. The van der Waals surface area contributed by atoms with Crippen LogP contribution in [0.2, 0.25) is 0 Å². The Balaban J connectivity index is 1.89. The zero-order valence-electron chi connectivity index (χ0n) is 12.3. The van der Waals surface area contributed by atoms with Crippen LogP contribution in [0.25, 0.3) is 0 Å². The van der Waals surface area contributed by atoms with Crippen molar-refractivity contribution in [2.45, 2.75) is 11.5 Å². The van der Waals surface area contributed by atoms with E-state index in [-0.39, 0.29) is 5.92 Å². The Morgan fingerprint density at radius 2 is 1.30 bits per heavy atom. The minimum atomic E-state index is -0.481. The topological polar surface area (TPSA) is 26.0 Å². The molecule has 2 unspecified atom stereocenters. The first-order valence-electron chi connectivity index (χ1n) is 7.50. The second kappa shape index (κ2) is 5.59. The predicted octanol–water partition coefficient (Wildman–Crippen LogP) is 5.56. The number of hydrogen-bond acceptors (Lipinski definition) is 1. The van der Waals surface area contributed by atoms with E-state index in [4.69, 9.17) is 5.73 Å². The van der Waals surface area contributed by atoms with Crippen LogP contribution in [0.5, 0.6) is 0 Å². The number of fused-ring (bicyclic) bond motifs is 1. The molecule has 0 amide bonds. The molecule has 3 aromatic carbocycles. The summed E-state index contributed by atoms with van der Waals surface area (Å²) in [6.45, 7) is 0. The van der Waals surface area contributed by atoms with E-state index in [0.29, 0.717) is 0 Å². The van der Waals surface area contributed by atoms with Crippen LogP contribution < -0.4 is 5.73 Å². The molecule has 0 spiro atoms. The van der Waals surface area contributed by atoms with Crippen molar-refractivity contribution >= 4 is 31.9 Å². The first-order valence-corrected chi connectivity index (χ1v) is 9.09. The van der Waals surface area contributed by atoms with Gasteiger partial charge in [-0.25, -0.2) is 0 Å². The average molecular weight is 429 g/mol. The fraction of sp³-hybridized carbons (Fsp3) is 0.100. The highest BCUT2D eigenvalue weighted by Gasteiger charge is 2.50. The molecular formula is C20H15Br2N. The van der Waals surface area contributed by atoms with Crippen LogP contribution in [0, 0.1) is 0 Å². The van der Waals surface area contributed by atoms with E-state index < -0.39 is 5.54 Å². The molecule has 114 valence electrons. The maximum atomic E-state index is 6.97. The average Bonchev–Trinajstić information content (AvgIpc) is 2.57. The maximum Gasteiger partial charge on any atom is 0.0779 e. The van der Waals surface area contributed by atoms with Crippen LogP contribution in [0.4, 0.5) is 0 Å². The molecule has 0 radical (unpaired) electrons. The molecule has 0 aliphatic heterocycles. The second-order valence-electron chi connectivity index (χ2n) is 5.95. The Morgan fingerprint density at radius 1 is 0.739 bits per heavy atom. The lowest BCUT2D eigenvalue weighted by molar-refractivity contribution is 0.404. The minimum absolute atomic E-state index is 0.174. The van der Waals surface area contributed by atoms with Gasteiger partial charge in [-0.05, 0) is 46.5 Å². The molecule has 4 rings (SSSR count). The smallest absolute Gasteiger partial charge is 0.0779 e. The summed E-state index contributed by atoms with van der Waals surface area (Å²) in [7, 11) is 0. The van der Waals surface area contributed by atoms with Crippen LogP contribution >= 0.6 is 31.9 Å². The van der Waals surface area contributed by atoms with Crippen molar-refractivity contribution in [3.63, 3.8) is 0 Å². The molecule has 3 aromatic rings. The van der Waals surface area contributed by atoms with Crippen LogP contribution in [0.1, 0.15) is 28.2 Å². The summed E-state index contributed by atoms with van der Waals surface area (Å²) in [5.41, 5.74) is 11.4. The van der Waals surface area contributed by atoms with E-state index in [1.807, 2.05) is 0 Å². The van der Waals surface area contributed by atoms with E-state index in [2.05, 4.69) is 105 Å². The van der Waals surface area contributed by atoms with Crippen molar-refractivity contribution in [1.29, 1.82) is 0 Å². The quantitative estimate of drug-likeness (QED) is 0.568. The van der Waals surface area contributed by atoms with Crippen molar-refractivity contribution in [1.82, 2.24) is 0 Å². The van der Waals surface area contributed by atoms with Gasteiger partial charge in [0.15, 0.2) is 0 Å². The molecule has 0 saturated heterocycles. The van der Waals surface area contributed by atoms with Crippen molar-refractivity contribution in [3.8, 4) is 0 Å². The molecule has 3 heteroatoms. The molecule has 23 heavy (non-hydrogen) atoms.